The van der Waals surface area contributed by atoms with Crippen LogP contribution in [0, 0.1) is 6.92 Å². The third-order valence-corrected chi connectivity index (χ3v) is 5.51. The maximum atomic E-state index is 4.91. The van der Waals surface area contributed by atoms with Crippen molar-refractivity contribution in [3.63, 3.8) is 0 Å². The van der Waals surface area contributed by atoms with Crippen molar-refractivity contribution in [1.29, 1.82) is 0 Å². The molecule has 4 rings (SSSR count). The summed E-state index contributed by atoms with van der Waals surface area (Å²) < 4.78 is 1.17. The fourth-order valence-electron chi connectivity index (χ4n) is 3.27. The van der Waals surface area contributed by atoms with Crippen LogP contribution in [0.15, 0.2) is 77.3 Å². The van der Waals surface area contributed by atoms with Gasteiger partial charge in [-0.25, -0.2) is 9.97 Å². The number of hydrogen-bond acceptors (Lipinski definition) is 3. The molecule has 0 spiro atoms. The number of benzene rings is 3. The zero-order valence-electron chi connectivity index (χ0n) is 15.8. The van der Waals surface area contributed by atoms with Gasteiger partial charge in [0, 0.05) is 16.6 Å². The molecular formula is C24H22BrN3. The monoisotopic (exact) mass is 431 g/mol. The molecule has 0 aliphatic carbocycles. The number of halogens is 1. The van der Waals surface area contributed by atoms with E-state index in [-0.39, 0.29) is 0 Å². The number of aryl methyl sites for hydroxylation is 2. The molecule has 0 amide bonds. The molecule has 0 unspecified atom stereocenters. The summed E-state index contributed by atoms with van der Waals surface area (Å²) in [7, 11) is 0. The summed E-state index contributed by atoms with van der Waals surface area (Å²) in [4.78, 5) is 9.80. The number of anilines is 1. The van der Waals surface area contributed by atoms with Crippen molar-refractivity contribution >= 4 is 32.8 Å². The van der Waals surface area contributed by atoms with Crippen LogP contribution >= 0.6 is 15.9 Å². The topological polar surface area (TPSA) is 37.8 Å². The number of hydrogen-bond donors (Lipinski definition) is 1. The summed E-state index contributed by atoms with van der Waals surface area (Å²) in [5.41, 5.74) is 6.33. The average Bonchev–Trinajstić information content (AvgIpc) is 2.72. The van der Waals surface area contributed by atoms with Crippen LogP contribution in [0.2, 0.25) is 0 Å². The van der Waals surface area contributed by atoms with Gasteiger partial charge in [0.25, 0.3) is 0 Å². The number of rotatable bonds is 6. The normalized spacial score (nSPS) is 10.9. The van der Waals surface area contributed by atoms with Gasteiger partial charge in [-0.15, -0.1) is 0 Å². The second-order valence-corrected chi connectivity index (χ2v) is 7.76. The first-order valence-corrected chi connectivity index (χ1v) is 10.3. The van der Waals surface area contributed by atoms with Crippen LogP contribution in [0.25, 0.3) is 22.3 Å². The molecule has 140 valence electrons. The second-order valence-electron chi connectivity index (χ2n) is 6.90. The van der Waals surface area contributed by atoms with E-state index in [1.165, 1.54) is 15.6 Å². The van der Waals surface area contributed by atoms with Crippen LogP contribution in [0.1, 0.15) is 17.5 Å². The van der Waals surface area contributed by atoms with Crippen LogP contribution in [-0.2, 0) is 6.42 Å². The lowest BCUT2D eigenvalue weighted by Gasteiger charge is -2.13. The van der Waals surface area contributed by atoms with Gasteiger partial charge in [0.2, 0.25) is 0 Å². The Balaban J connectivity index is 1.58. The Hall–Kier alpha value is -2.72. The van der Waals surface area contributed by atoms with Gasteiger partial charge in [-0.2, -0.15) is 0 Å². The van der Waals surface area contributed by atoms with E-state index in [0.717, 1.165) is 47.5 Å². The highest BCUT2D eigenvalue weighted by Gasteiger charge is 2.11. The van der Waals surface area contributed by atoms with Crippen molar-refractivity contribution in [1.82, 2.24) is 9.97 Å². The second kappa shape index (κ2) is 8.53. The van der Waals surface area contributed by atoms with Gasteiger partial charge in [0.05, 0.1) is 11.0 Å². The Morgan fingerprint density at radius 2 is 1.64 bits per heavy atom. The fraction of sp³-hybridized carbons (Fsp3) is 0.167. The molecule has 4 aromatic rings. The smallest absolute Gasteiger partial charge is 0.153 e. The maximum Gasteiger partial charge on any atom is 0.153 e. The maximum absolute atomic E-state index is 4.91. The van der Waals surface area contributed by atoms with Crippen molar-refractivity contribution in [2.45, 2.75) is 19.8 Å². The minimum atomic E-state index is 0.840. The lowest BCUT2D eigenvalue weighted by molar-refractivity contribution is 0.856. The summed E-state index contributed by atoms with van der Waals surface area (Å²) in [6.45, 7) is 2.92. The molecule has 0 bridgehead atoms. The van der Waals surface area contributed by atoms with Crippen LogP contribution < -0.4 is 5.32 Å². The number of nitrogens with one attached hydrogen (secondary N) is 1. The highest BCUT2D eigenvalue weighted by molar-refractivity contribution is 9.10. The molecule has 0 saturated heterocycles. The molecule has 1 N–H and O–H groups in total. The molecule has 1 heterocycles. The fourth-order valence-corrected chi connectivity index (χ4v) is 3.75. The summed E-state index contributed by atoms with van der Waals surface area (Å²) in [5.74, 6) is 0.844. The van der Waals surface area contributed by atoms with Crippen LogP contribution in [0.3, 0.4) is 0 Å². The minimum absolute atomic E-state index is 0.840. The molecule has 0 aliphatic heterocycles. The standard InChI is InChI=1S/C24H22BrN3/c1-17-13-14-21-22(16-17)28-24(23(27-21)19-9-3-2-4-10-19)26-15-7-11-18-8-5-6-12-20(18)25/h2-6,8-10,12-14,16H,7,11,15H2,1H3,(H,26,28). The summed E-state index contributed by atoms with van der Waals surface area (Å²) in [5, 5.41) is 3.52. The largest absolute Gasteiger partial charge is 0.368 e. The third-order valence-electron chi connectivity index (χ3n) is 4.74. The van der Waals surface area contributed by atoms with Gasteiger partial charge in [-0.3, -0.25) is 0 Å². The first-order valence-electron chi connectivity index (χ1n) is 9.52. The van der Waals surface area contributed by atoms with E-state index >= 15 is 0 Å². The molecular weight excluding hydrogens is 410 g/mol. The van der Waals surface area contributed by atoms with Crippen molar-refractivity contribution in [3.8, 4) is 11.3 Å². The molecule has 0 atom stereocenters. The third kappa shape index (κ3) is 4.23. The minimum Gasteiger partial charge on any atom is -0.368 e. The first kappa shape index (κ1) is 18.6. The molecule has 0 aliphatic rings. The highest BCUT2D eigenvalue weighted by atomic mass is 79.9. The average molecular weight is 432 g/mol. The molecule has 0 saturated carbocycles. The van der Waals surface area contributed by atoms with Crippen LogP contribution in [0.5, 0.6) is 0 Å². The molecule has 1 aromatic heterocycles. The van der Waals surface area contributed by atoms with E-state index in [9.17, 15) is 0 Å². The van der Waals surface area contributed by atoms with E-state index in [2.05, 4.69) is 70.6 Å². The number of fused-ring (bicyclic) bond motifs is 1. The predicted octanol–water partition coefficient (Wildman–Crippen LogP) is 6.41. The number of nitrogens with zero attached hydrogens (tertiary/aromatic N) is 2. The molecule has 3 aromatic carbocycles. The molecule has 0 radical (unpaired) electrons. The van der Waals surface area contributed by atoms with Crippen molar-refractivity contribution in [2.75, 3.05) is 11.9 Å². The Morgan fingerprint density at radius 1 is 0.857 bits per heavy atom. The lowest BCUT2D eigenvalue weighted by Crippen LogP contribution is -2.07. The van der Waals surface area contributed by atoms with E-state index in [1.807, 2.05) is 30.3 Å². The highest BCUT2D eigenvalue weighted by Crippen LogP contribution is 2.27. The molecule has 3 nitrogen and oxygen atoms in total. The van der Waals surface area contributed by atoms with Crippen LogP contribution in [0.4, 0.5) is 5.82 Å². The predicted molar refractivity (Wildman–Crippen MR) is 121 cm³/mol. The SMILES string of the molecule is Cc1ccc2nc(-c3ccccc3)c(NCCCc3ccccc3Br)nc2c1. The Morgan fingerprint density at radius 3 is 2.46 bits per heavy atom. The van der Waals surface area contributed by atoms with Crippen LogP contribution in [-0.4, -0.2) is 16.5 Å². The van der Waals surface area contributed by atoms with Crippen molar-refractivity contribution in [2.24, 2.45) is 0 Å². The molecule has 28 heavy (non-hydrogen) atoms. The Bertz CT molecular complexity index is 1090. The summed E-state index contributed by atoms with van der Waals surface area (Å²) in [6.07, 6.45) is 2.03. The van der Waals surface area contributed by atoms with E-state index in [0.29, 0.717) is 0 Å². The van der Waals surface area contributed by atoms with Gasteiger partial charge >= 0.3 is 0 Å². The molecule has 0 fully saturated rings. The lowest BCUT2D eigenvalue weighted by atomic mass is 10.1. The van der Waals surface area contributed by atoms with Gasteiger partial charge < -0.3 is 5.32 Å². The van der Waals surface area contributed by atoms with E-state index < -0.39 is 0 Å². The van der Waals surface area contributed by atoms with E-state index in [4.69, 9.17) is 9.97 Å². The van der Waals surface area contributed by atoms with Crippen molar-refractivity contribution < 1.29 is 0 Å². The summed E-state index contributed by atoms with van der Waals surface area (Å²) in [6, 6.07) is 24.8. The zero-order valence-corrected chi connectivity index (χ0v) is 17.4. The van der Waals surface area contributed by atoms with E-state index in [1.54, 1.807) is 0 Å². The molecule has 4 heteroatoms. The van der Waals surface area contributed by atoms with Crippen molar-refractivity contribution in [3.05, 3.63) is 88.4 Å². The Kier molecular flexibility index (Phi) is 5.68. The zero-order chi connectivity index (χ0) is 19.3. The van der Waals surface area contributed by atoms with Gasteiger partial charge in [0.1, 0.15) is 5.69 Å². The number of aromatic nitrogens is 2. The summed E-state index contributed by atoms with van der Waals surface area (Å²) >= 11 is 3.63. The Labute approximate surface area is 174 Å². The quantitative estimate of drug-likeness (QED) is 0.358. The van der Waals surface area contributed by atoms with Gasteiger partial charge in [-0.1, -0.05) is 70.5 Å². The first-order chi connectivity index (χ1) is 13.7. The van der Waals surface area contributed by atoms with Gasteiger partial charge in [-0.05, 0) is 49.1 Å². The van der Waals surface area contributed by atoms with Gasteiger partial charge in [0.15, 0.2) is 5.82 Å².